The van der Waals surface area contributed by atoms with Crippen molar-refractivity contribution in [1.29, 1.82) is 0 Å². The normalized spacial score (nSPS) is 16.9. The van der Waals surface area contributed by atoms with Crippen LogP contribution in [0.25, 0.3) is 0 Å². The summed E-state index contributed by atoms with van der Waals surface area (Å²) in [5, 5.41) is 12.7. The molecule has 1 aliphatic heterocycles. The van der Waals surface area contributed by atoms with Gasteiger partial charge in [0.15, 0.2) is 0 Å². The topological polar surface area (TPSA) is 82.5 Å². The molecule has 24 heavy (non-hydrogen) atoms. The van der Waals surface area contributed by atoms with Gasteiger partial charge in [0.25, 0.3) is 0 Å². The third-order valence-electron chi connectivity index (χ3n) is 4.15. The molecule has 2 aromatic rings. The van der Waals surface area contributed by atoms with Crippen LogP contribution in [0.5, 0.6) is 0 Å². The van der Waals surface area contributed by atoms with E-state index in [1.807, 2.05) is 30.3 Å². The zero-order valence-electron chi connectivity index (χ0n) is 13.3. The highest BCUT2D eigenvalue weighted by Crippen LogP contribution is 2.22. The Hall–Kier alpha value is -1.96. The lowest BCUT2D eigenvalue weighted by Gasteiger charge is -2.18. The minimum atomic E-state index is -3.45. The summed E-state index contributed by atoms with van der Waals surface area (Å²) in [6.07, 6.45) is 3.18. The van der Waals surface area contributed by atoms with Crippen LogP contribution in [0, 0.1) is 0 Å². The molecule has 0 bridgehead atoms. The molecule has 0 aliphatic carbocycles. The molecule has 1 aliphatic rings. The summed E-state index contributed by atoms with van der Waals surface area (Å²) >= 11 is 0. The fourth-order valence-electron chi connectivity index (χ4n) is 2.79. The zero-order valence-corrected chi connectivity index (χ0v) is 14.1. The summed E-state index contributed by atoms with van der Waals surface area (Å²) in [6, 6.07) is 12.4. The van der Waals surface area contributed by atoms with Crippen molar-refractivity contribution < 1.29 is 13.5 Å². The summed E-state index contributed by atoms with van der Waals surface area (Å²) in [7, 11) is -3.45. The van der Waals surface area contributed by atoms with Crippen molar-refractivity contribution in [3.8, 4) is 0 Å². The Morgan fingerprint density at radius 1 is 1.12 bits per heavy atom. The van der Waals surface area contributed by atoms with Crippen molar-refractivity contribution in [2.24, 2.45) is 0 Å². The molecule has 0 amide bonds. The standard InChI is InChI=1S/C17H21N3O3S/c21-13-16(14-6-2-1-3-7-14)19-17-9-8-15(12-18-17)24(22,23)20-10-4-5-11-20/h1-3,6-9,12,16,21H,4-5,10-11,13H2,(H,18,19). The van der Waals surface area contributed by atoms with Crippen LogP contribution in [0.4, 0.5) is 5.82 Å². The van der Waals surface area contributed by atoms with E-state index in [1.54, 1.807) is 12.1 Å². The van der Waals surface area contributed by atoms with E-state index in [2.05, 4.69) is 10.3 Å². The van der Waals surface area contributed by atoms with E-state index in [0.29, 0.717) is 18.9 Å². The molecule has 6 nitrogen and oxygen atoms in total. The van der Waals surface area contributed by atoms with Crippen molar-refractivity contribution in [3.05, 3.63) is 54.2 Å². The van der Waals surface area contributed by atoms with Gasteiger partial charge in [0.2, 0.25) is 10.0 Å². The predicted octanol–water partition coefficient (Wildman–Crippen LogP) is 2.01. The molecule has 1 fully saturated rings. The van der Waals surface area contributed by atoms with E-state index in [4.69, 9.17) is 0 Å². The molecule has 2 N–H and O–H groups in total. The average molecular weight is 347 g/mol. The van der Waals surface area contributed by atoms with Gasteiger partial charge in [-0.05, 0) is 30.5 Å². The molecule has 1 aromatic heterocycles. The number of nitrogens with zero attached hydrogens (tertiary/aromatic N) is 2. The number of aliphatic hydroxyl groups is 1. The monoisotopic (exact) mass is 347 g/mol. The maximum atomic E-state index is 12.5. The zero-order chi connectivity index (χ0) is 17.0. The number of sulfonamides is 1. The number of nitrogens with one attached hydrogen (secondary N) is 1. The van der Waals surface area contributed by atoms with Crippen molar-refractivity contribution in [3.63, 3.8) is 0 Å². The molecule has 1 aromatic carbocycles. The Labute approximate surface area is 142 Å². The number of hydrogen-bond donors (Lipinski definition) is 2. The number of benzene rings is 1. The molecule has 1 unspecified atom stereocenters. The van der Waals surface area contributed by atoms with Gasteiger partial charge in [0.1, 0.15) is 10.7 Å². The first kappa shape index (κ1) is 16.9. The smallest absolute Gasteiger partial charge is 0.244 e. The Morgan fingerprint density at radius 2 is 1.83 bits per heavy atom. The second-order valence-corrected chi connectivity index (χ2v) is 7.72. The molecular formula is C17H21N3O3S. The van der Waals surface area contributed by atoms with E-state index in [9.17, 15) is 13.5 Å². The van der Waals surface area contributed by atoms with Gasteiger partial charge in [0, 0.05) is 19.3 Å². The van der Waals surface area contributed by atoms with Gasteiger partial charge < -0.3 is 10.4 Å². The molecule has 3 rings (SSSR count). The van der Waals surface area contributed by atoms with Gasteiger partial charge in [0.05, 0.1) is 12.6 Å². The van der Waals surface area contributed by atoms with Crippen LogP contribution in [0.3, 0.4) is 0 Å². The van der Waals surface area contributed by atoms with Gasteiger partial charge in [-0.3, -0.25) is 0 Å². The Bertz CT molecular complexity index is 757. The maximum absolute atomic E-state index is 12.5. The number of anilines is 1. The molecule has 7 heteroatoms. The number of pyridine rings is 1. The second-order valence-electron chi connectivity index (χ2n) is 5.78. The van der Waals surface area contributed by atoms with Gasteiger partial charge >= 0.3 is 0 Å². The van der Waals surface area contributed by atoms with Gasteiger partial charge in [-0.25, -0.2) is 13.4 Å². The van der Waals surface area contributed by atoms with E-state index >= 15 is 0 Å². The van der Waals surface area contributed by atoms with E-state index < -0.39 is 10.0 Å². The summed E-state index contributed by atoms with van der Waals surface area (Å²) in [6.45, 7) is 1.06. The summed E-state index contributed by atoms with van der Waals surface area (Å²) in [4.78, 5) is 4.41. The summed E-state index contributed by atoms with van der Waals surface area (Å²) in [5.74, 6) is 0.526. The van der Waals surface area contributed by atoms with E-state index in [0.717, 1.165) is 18.4 Å². The van der Waals surface area contributed by atoms with Gasteiger partial charge in [-0.2, -0.15) is 4.31 Å². The van der Waals surface area contributed by atoms with Crippen LogP contribution < -0.4 is 5.32 Å². The predicted molar refractivity (Wildman–Crippen MR) is 92.1 cm³/mol. The molecule has 2 heterocycles. The minimum Gasteiger partial charge on any atom is -0.394 e. The molecule has 0 radical (unpaired) electrons. The van der Waals surface area contributed by atoms with Crippen LogP contribution in [0.2, 0.25) is 0 Å². The maximum Gasteiger partial charge on any atom is 0.244 e. The summed E-state index contributed by atoms with van der Waals surface area (Å²) in [5.41, 5.74) is 0.940. The number of aromatic nitrogens is 1. The Morgan fingerprint density at radius 3 is 2.42 bits per heavy atom. The second kappa shape index (κ2) is 7.29. The van der Waals surface area contributed by atoms with Crippen LogP contribution in [0.1, 0.15) is 24.4 Å². The van der Waals surface area contributed by atoms with Crippen LogP contribution >= 0.6 is 0 Å². The molecule has 1 atom stereocenters. The average Bonchev–Trinajstić information content (AvgIpc) is 3.16. The number of aliphatic hydroxyl groups excluding tert-OH is 1. The van der Waals surface area contributed by atoms with E-state index in [1.165, 1.54) is 10.5 Å². The van der Waals surface area contributed by atoms with Crippen LogP contribution in [-0.4, -0.2) is 42.5 Å². The third kappa shape index (κ3) is 3.58. The van der Waals surface area contributed by atoms with Crippen molar-refractivity contribution >= 4 is 15.8 Å². The largest absolute Gasteiger partial charge is 0.394 e. The highest BCUT2D eigenvalue weighted by atomic mass is 32.2. The van der Waals surface area contributed by atoms with Gasteiger partial charge in [-0.15, -0.1) is 0 Å². The van der Waals surface area contributed by atoms with Crippen LogP contribution in [0.15, 0.2) is 53.6 Å². The Balaban J connectivity index is 1.74. The van der Waals surface area contributed by atoms with Crippen molar-refractivity contribution in [2.75, 3.05) is 25.0 Å². The lowest BCUT2D eigenvalue weighted by Crippen LogP contribution is -2.28. The highest BCUT2D eigenvalue weighted by molar-refractivity contribution is 7.89. The molecule has 0 spiro atoms. The lowest BCUT2D eigenvalue weighted by atomic mass is 10.1. The van der Waals surface area contributed by atoms with Gasteiger partial charge in [-0.1, -0.05) is 30.3 Å². The van der Waals surface area contributed by atoms with E-state index in [-0.39, 0.29) is 17.5 Å². The first-order valence-corrected chi connectivity index (χ1v) is 9.44. The lowest BCUT2D eigenvalue weighted by molar-refractivity contribution is 0.276. The fourth-order valence-corrected chi connectivity index (χ4v) is 4.26. The van der Waals surface area contributed by atoms with Crippen molar-refractivity contribution in [1.82, 2.24) is 9.29 Å². The molecular weight excluding hydrogens is 326 g/mol. The number of hydrogen-bond acceptors (Lipinski definition) is 5. The highest BCUT2D eigenvalue weighted by Gasteiger charge is 2.27. The minimum absolute atomic E-state index is 0.0838. The first-order valence-electron chi connectivity index (χ1n) is 8.00. The quantitative estimate of drug-likeness (QED) is 0.835. The molecule has 0 saturated carbocycles. The Kier molecular flexibility index (Phi) is 5.13. The summed E-state index contributed by atoms with van der Waals surface area (Å²) < 4.78 is 26.4. The van der Waals surface area contributed by atoms with Crippen LogP contribution in [-0.2, 0) is 10.0 Å². The third-order valence-corrected chi connectivity index (χ3v) is 6.03. The first-order chi connectivity index (χ1) is 11.6. The van der Waals surface area contributed by atoms with Crippen molar-refractivity contribution in [2.45, 2.75) is 23.8 Å². The molecule has 1 saturated heterocycles. The SMILES string of the molecule is O=S(=O)(c1ccc(NC(CO)c2ccccc2)nc1)N1CCCC1. The molecule has 128 valence electrons. The number of rotatable bonds is 6. The fraction of sp³-hybridized carbons (Fsp3) is 0.353.